The highest BCUT2D eigenvalue weighted by molar-refractivity contribution is 7.10. The van der Waals surface area contributed by atoms with Crippen molar-refractivity contribution in [3.8, 4) is 11.1 Å². The third-order valence-electron chi connectivity index (χ3n) is 6.51. The summed E-state index contributed by atoms with van der Waals surface area (Å²) in [6.07, 6.45) is 4.69. The largest absolute Gasteiger partial charge is 0.383 e. The minimum absolute atomic E-state index is 0.441. The van der Waals surface area contributed by atoms with Crippen LogP contribution in [0.2, 0.25) is 0 Å². The van der Waals surface area contributed by atoms with Gasteiger partial charge in [0.15, 0.2) is 0 Å². The molecule has 2 aliphatic rings. The molecule has 2 saturated heterocycles. The topological polar surface area (TPSA) is 72.4 Å². The number of hydrogen-bond donors (Lipinski definition) is 1. The maximum atomic E-state index is 6.40. The molecule has 0 radical (unpaired) electrons. The molecule has 8 heteroatoms. The number of likely N-dealkylation sites (tertiary alicyclic amines) is 1. The highest BCUT2D eigenvalue weighted by Gasteiger charge is 2.31. The van der Waals surface area contributed by atoms with Crippen LogP contribution in [0.4, 0.5) is 5.82 Å². The second-order valence-corrected chi connectivity index (χ2v) is 9.50. The highest BCUT2D eigenvalue weighted by atomic mass is 32.1. The van der Waals surface area contributed by atoms with E-state index in [1.54, 1.807) is 6.33 Å². The normalized spacial score (nSPS) is 20.6. The standard InChI is InChI=1S/C23H30N6OS/c1-3-5-28-6-4-16(12-28)21-19(20-22(24)25-15-26-23(20)27(21)2)17-11-18(31-14-17)13-29-7-9-30-10-8-29/h3,11,14-16H,1,4-10,12-13H2,2H3,(H2,24,25,26). The Morgan fingerprint density at radius 3 is 2.90 bits per heavy atom. The van der Waals surface area contributed by atoms with Gasteiger partial charge in [-0.2, -0.15) is 0 Å². The molecular formula is C23H30N6OS. The van der Waals surface area contributed by atoms with E-state index in [0.717, 1.165) is 69.9 Å². The maximum absolute atomic E-state index is 6.40. The Kier molecular flexibility index (Phi) is 5.79. The molecule has 5 rings (SSSR count). The molecule has 1 atom stereocenters. The van der Waals surface area contributed by atoms with Crippen molar-refractivity contribution in [2.24, 2.45) is 7.05 Å². The van der Waals surface area contributed by atoms with Gasteiger partial charge in [-0.3, -0.25) is 9.80 Å². The summed E-state index contributed by atoms with van der Waals surface area (Å²) in [7, 11) is 2.12. The second kappa shape index (κ2) is 8.70. The molecule has 2 N–H and O–H groups in total. The summed E-state index contributed by atoms with van der Waals surface area (Å²) in [6, 6.07) is 2.33. The lowest BCUT2D eigenvalue weighted by atomic mass is 9.96. The molecule has 0 amide bonds. The summed E-state index contributed by atoms with van der Waals surface area (Å²) < 4.78 is 7.74. The number of nitrogens with two attached hydrogens (primary N) is 1. The van der Waals surface area contributed by atoms with Gasteiger partial charge in [-0.25, -0.2) is 9.97 Å². The summed E-state index contributed by atoms with van der Waals surface area (Å²) in [5, 5.41) is 3.26. The lowest BCUT2D eigenvalue weighted by molar-refractivity contribution is 0.0346. The van der Waals surface area contributed by atoms with Gasteiger partial charge >= 0.3 is 0 Å². The van der Waals surface area contributed by atoms with Gasteiger partial charge in [-0.15, -0.1) is 17.9 Å². The molecular weight excluding hydrogens is 408 g/mol. The van der Waals surface area contributed by atoms with E-state index in [1.807, 2.05) is 17.4 Å². The minimum Gasteiger partial charge on any atom is -0.383 e. The number of thiophene rings is 1. The number of nitrogens with zero attached hydrogens (tertiary/aromatic N) is 5. The van der Waals surface area contributed by atoms with E-state index in [2.05, 4.69) is 49.4 Å². The van der Waals surface area contributed by atoms with Crippen molar-refractivity contribution in [1.29, 1.82) is 0 Å². The van der Waals surface area contributed by atoms with E-state index in [4.69, 9.17) is 10.5 Å². The zero-order chi connectivity index (χ0) is 21.4. The predicted molar refractivity (Wildman–Crippen MR) is 126 cm³/mol. The number of aromatic nitrogens is 3. The molecule has 1 unspecified atom stereocenters. The van der Waals surface area contributed by atoms with Crippen LogP contribution in [0.3, 0.4) is 0 Å². The Hall–Kier alpha value is -2.26. The molecule has 3 aromatic heterocycles. The van der Waals surface area contributed by atoms with Gasteiger partial charge in [0.25, 0.3) is 0 Å². The Bertz CT molecular complexity index is 1080. The summed E-state index contributed by atoms with van der Waals surface area (Å²) in [6.45, 7) is 11.6. The third-order valence-corrected chi connectivity index (χ3v) is 7.44. The average molecular weight is 439 g/mol. The Morgan fingerprint density at radius 1 is 1.26 bits per heavy atom. The van der Waals surface area contributed by atoms with E-state index in [1.165, 1.54) is 21.7 Å². The summed E-state index contributed by atoms with van der Waals surface area (Å²) in [4.78, 5) is 15.2. The molecule has 164 valence electrons. The van der Waals surface area contributed by atoms with Gasteiger partial charge in [-0.05, 0) is 30.0 Å². The van der Waals surface area contributed by atoms with Crippen LogP contribution in [0.1, 0.15) is 22.9 Å². The van der Waals surface area contributed by atoms with E-state index in [0.29, 0.717) is 11.7 Å². The van der Waals surface area contributed by atoms with Gasteiger partial charge in [0.1, 0.15) is 17.8 Å². The Labute approximate surface area is 187 Å². The van der Waals surface area contributed by atoms with Gasteiger partial charge in [-0.1, -0.05) is 6.08 Å². The van der Waals surface area contributed by atoms with E-state index < -0.39 is 0 Å². The Balaban J connectivity index is 1.55. The number of hydrogen-bond acceptors (Lipinski definition) is 7. The number of ether oxygens (including phenoxy) is 1. The van der Waals surface area contributed by atoms with E-state index >= 15 is 0 Å². The fourth-order valence-electron chi connectivity index (χ4n) is 5.04. The SMILES string of the molecule is C=CCN1CCC(c2c(-c3csc(CN4CCOCC4)c3)c3c(N)ncnc3n2C)C1. The third kappa shape index (κ3) is 3.89. The molecule has 3 aromatic rings. The van der Waals surface area contributed by atoms with Crippen LogP contribution in [0, 0.1) is 0 Å². The number of fused-ring (bicyclic) bond motifs is 1. The molecule has 0 spiro atoms. The highest BCUT2D eigenvalue weighted by Crippen LogP contribution is 2.43. The number of morpholine rings is 1. The number of rotatable bonds is 6. The molecule has 0 saturated carbocycles. The zero-order valence-corrected chi connectivity index (χ0v) is 18.9. The Morgan fingerprint density at radius 2 is 2.10 bits per heavy atom. The van der Waals surface area contributed by atoms with Crippen LogP contribution in [-0.4, -0.2) is 70.3 Å². The average Bonchev–Trinajstić information content (AvgIpc) is 3.48. The van der Waals surface area contributed by atoms with Gasteiger partial charge in [0, 0.05) is 61.8 Å². The van der Waals surface area contributed by atoms with Crippen LogP contribution >= 0.6 is 11.3 Å². The molecule has 7 nitrogen and oxygen atoms in total. The fourth-order valence-corrected chi connectivity index (χ4v) is 5.96. The lowest BCUT2D eigenvalue weighted by Gasteiger charge is -2.25. The molecule has 2 aliphatic heterocycles. The first-order valence-corrected chi connectivity index (χ1v) is 11.8. The molecule has 31 heavy (non-hydrogen) atoms. The van der Waals surface area contributed by atoms with Crippen LogP contribution in [0.5, 0.6) is 0 Å². The first-order chi connectivity index (χ1) is 15.2. The van der Waals surface area contributed by atoms with Gasteiger partial charge < -0.3 is 15.0 Å². The van der Waals surface area contributed by atoms with Crippen molar-refractivity contribution >= 4 is 28.2 Å². The predicted octanol–water partition coefficient (Wildman–Crippen LogP) is 3.09. The molecule has 0 aliphatic carbocycles. The summed E-state index contributed by atoms with van der Waals surface area (Å²) in [5.41, 5.74) is 11.1. The van der Waals surface area contributed by atoms with Crippen molar-refractivity contribution < 1.29 is 4.74 Å². The van der Waals surface area contributed by atoms with Crippen LogP contribution < -0.4 is 5.73 Å². The molecule has 5 heterocycles. The molecule has 0 bridgehead atoms. The van der Waals surface area contributed by atoms with Crippen LogP contribution in [-0.2, 0) is 18.3 Å². The summed E-state index contributed by atoms with van der Waals surface area (Å²) in [5.74, 6) is 1.000. The lowest BCUT2D eigenvalue weighted by Crippen LogP contribution is -2.35. The second-order valence-electron chi connectivity index (χ2n) is 8.50. The van der Waals surface area contributed by atoms with Gasteiger partial charge in [0.2, 0.25) is 0 Å². The van der Waals surface area contributed by atoms with Crippen LogP contribution in [0.25, 0.3) is 22.2 Å². The van der Waals surface area contributed by atoms with E-state index in [9.17, 15) is 0 Å². The quantitative estimate of drug-likeness (QED) is 0.597. The molecule has 0 aromatic carbocycles. The monoisotopic (exact) mass is 438 g/mol. The number of aryl methyl sites for hydroxylation is 1. The number of nitrogen functional groups attached to an aromatic ring is 1. The minimum atomic E-state index is 0.441. The number of anilines is 1. The van der Waals surface area contributed by atoms with Crippen LogP contribution in [0.15, 0.2) is 30.4 Å². The first-order valence-electron chi connectivity index (χ1n) is 11.0. The van der Waals surface area contributed by atoms with Gasteiger partial charge in [0.05, 0.1) is 18.6 Å². The summed E-state index contributed by atoms with van der Waals surface area (Å²) >= 11 is 1.82. The van der Waals surface area contributed by atoms with Crippen molar-refractivity contribution in [1.82, 2.24) is 24.3 Å². The molecule has 2 fully saturated rings. The fraction of sp³-hybridized carbons (Fsp3) is 0.478. The van der Waals surface area contributed by atoms with Crippen molar-refractivity contribution in [3.05, 3.63) is 41.0 Å². The first kappa shape index (κ1) is 20.6. The zero-order valence-electron chi connectivity index (χ0n) is 18.1. The van der Waals surface area contributed by atoms with Crippen molar-refractivity contribution in [2.45, 2.75) is 18.9 Å². The smallest absolute Gasteiger partial charge is 0.146 e. The van der Waals surface area contributed by atoms with E-state index in [-0.39, 0.29) is 0 Å². The maximum Gasteiger partial charge on any atom is 0.146 e. The van der Waals surface area contributed by atoms with Crippen molar-refractivity contribution in [3.63, 3.8) is 0 Å². The van der Waals surface area contributed by atoms with Crippen molar-refractivity contribution in [2.75, 3.05) is 51.7 Å².